The van der Waals surface area contributed by atoms with Crippen LogP contribution in [0.5, 0.6) is 0 Å². The Kier molecular flexibility index (Phi) is 4.14. The summed E-state index contributed by atoms with van der Waals surface area (Å²) in [5, 5.41) is 0.729. The summed E-state index contributed by atoms with van der Waals surface area (Å²) in [4.78, 5) is 16.2. The van der Waals surface area contributed by atoms with Gasteiger partial charge >= 0.3 is 0 Å². The first-order valence-electron chi connectivity index (χ1n) is 6.30. The van der Waals surface area contributed by atoms with Crippen molar-refractivity contribution in [1.82, 2.24) is 9.80 Å². The first-order chi connectivity index (χ1) is 7.70. The van der Waals surface area contributed by atoms with Gasteiger partial charge in [-0.2, -0.15) is 11.8 Å². The number of thioether (sulfide) groups is 1. The zero-order valence-corrected chi connectivity index (χ0v) is 11.1. The summed E-state index contributed by atoms with van der Waals surface area (Å²) in [6.45, 7) is 5.03. The fraction of sp³-hybridized carbons (Fsp3) is 0.917. The third kappa shape index (κ3) is 3.14. The van der Waals surface area contributed by atoms with Gasteiger partial charge in [-0.15, -0.1) is 0 Å². The van der Waals surface area contributed by atoms with Crippen molar-refractivity contribution in [2.45, 2.75) is 37.5 Å². The number of carbonyl (C=O) groups excluding carboxylic acids is 1. The van der Waals surface area contributed by atoms with Gasteiger partial charge in [-0.3, -0.25) is 9.69 Å². The number of amides is 1. The minimum atomic E-state index is 0.309. The second kappa shape index (κ2) is 5.41. The van der Waals surface area contributed by atoms with Crippen LogP contribution < -0.4 is 0 Å². The monoisotopic (exact) mass is 242 g/mol. The number of hydrogen-bond acceptors (Lipinski definition) is 3. The molecule has 1 heterocycles. The average molecular weight is 242 g/mol. The maximum atomic E-state index is 12.0. The Balaban J connectivity index is 1.77. The van der Waals surface area contributed by atoms with E-state index in [2.05, 4.69) is 23.6 Å². The summed E-state index contributed by atoms with van der Waals surface area (Å²) in [5.41, 5.74) is 0. The molecular formula is C12H22N2OS. The molecule has 1 unspecified atom stereocenters. The number of carbonyl (C=O) groups is 1. The molecule has 0 bridgehead atoms. The van der Waals surface area contributed by atoms with E-state index in [9.17, 15) is 4.79 Å². The van der Waals surface area contributed by atoms with Crippen LogP contribution in [0.3, 0.4) is 0 Å². The standard InChI is InChI=1S/C12H22N2OS/c1-3-11-8-14(6-7-16-11)9-12(15)13(2)10-4-5-10/h10-11H,3-9H2,1-2H3. The largest absolute Gasteiger partial charge is 0.342 e. The lowest BCUT2D eigenvalue weighted by Crippen LogP contribution is -2.44. The van der Waals surface area contributed by atoms with Crippen molar-refractivity contribution >= 4 is 17.7 Å². The van der Waals surface area contributed by atoms with E-state index in [0.29, 0.717) is 18.5 Å². The zero-order valence-electron chi connectivity index (χ0n) is 10.3. The van der Waals surface area contributed by atoms with E-state index in [0.717, 1.165) is 18.3 Å². The van der Waals surface area contributed by atoms with E-state index >= 15 is 0 Å². The van der Waals surface area contributed by atoms with E-state index in [4.69, 9.17) is 0 Å². The minimum absolute atomic E-state index is 0.309. The number of hydrogen-bond donors (Lipinski definition) is 0. The maximum absolute atomic E-state index is 12.0. The molecule has 0 spiro atoms. The molecular weight excluding hydrogens is 220 g/mol. The van der Waals surface area contributed by atoms with Gasteiger partial charge in [0.05, 0.1) is 6.54 Å². The molecule has 1 atom stereocenters. The van der Waals surface area contributed by atoms with Gasteiger partial charge < -0.3 is 4.90 Å². The van der Waals surface area contributed by atoms with Crippen molar-refractivity contribution in [3.63, 3.8) is 0 Å². The van der Waals surface area contributed by atoms with Crippen molar-refractivity contribution in [3.8, 4) is 0 Å². The van der Waals surface area contributed by atoms with E-state index in [-0.39, 0.29) is 0 Å². The lowest BCUT2D eigenvalue weighted by Gasteiger charge is -2.32. The third-order valence-electron chi connectivity index (χ3n) is 3.53. The molecule has 0 aromatic rings. The van der Waals surface area contributed by atoms with Crippen molar-refractivity contribution in [1.29, 1.82) is 0 Å². The van der Waals surface area contributed by atoms with Crippen LogP contribution in [-0.2, 0) is 4.79 Å². The van der Waals surface area contributed by atoms with Crippen LogP contribution in [0, 0.1) is 0 Å². The first kappa shape index (κ1) is 12.2. The molecule has 92 valence electrons. The lowest BCUT2D eigenvalue weighted by atomic mass is 10.3. The molecule has 2 rings (SSSR count). The first-order valence-corrected chi connectivity index (χ1v) is 7.35. The fourth-order valence-corrected chi connectivity index (χ4v) is 3.39. The normalized spacial score (nSPS) is 26.8. The highest BCUT2D eigenvalue weighted by Gasteiger charge is 2.30. The summed E-state index contributed by atoms with van der Waals surface area (Å²) in [5.74, 6) is 1.49. The van der Waals surface area contributed by atoms with Gasteiger partial charge in [0.1, 0.15) is 0 Å². The van der Waals surface area contributed by atoms with E-state index in [1.807, 2.05) is 11.9 Å². The molecule has 16 heavy (non-hydrogen) atoms. The average Bonchev–Trinajstić information content (AvgIpc) is 3.12. The van der Waals surface area contributed by atoms with Gasteiger partial charge in [0.25, 0.3) is 0 Å². The summed E-state index contributed by atoms with van der Waals surface area (Å²) in [7, 11) is 1.95. The van der Waals surface area contributed by atoms with Gasteiger partial charge in [0.2, 0.25) is 5.91 Å². The quantitative estimate of drug-likeness (QED) is 0.745. The predicted molar refractivity (Wildman–Crippen MR) is 68.8 cm³/mol. The van der Waals surface area contributed by atoms with Crippen molar-refractivity contribution in [2.75, 3.05) is 32.4 Å². The Morgan fingerprint density at radius 1 is 1.50 bits per heavy atom. The molecule has 0 aromatic heterocycles. The highest BCUT2D eigenvalue weighted by Crippen LogP contribution is 2.26. The molecule has 1 saturated heterocycles. The van der Waals surface area contributed by atoms with Crippen LogP contribution in [0.1, 0.15) is 26.2 Å². The summed E-state index contributed by atoms with van der Waals surface area (Å²) in [6.07, 6.45) is 3.62. The molecule has 4 heteroatoms. The SMILES string of the molecule is CCC1CN(CC(=O)N(C)C2CC2)CCS1. The zero-order chi connectivity index (χ0) is 11.5. The number of nitrogens with zero attached hydrogens (tertiary/aromatic N) is 2. The van der Waals surface area contributed by atoms with E-state index in [1.54, 1.807) is 0 Å². The second-order valence-corrected chi connectivity index (χ2v) is 6.28. The molecule has 1 aliphatic carbocycles. The maximum Gasteiger partial charge on any atom is 0.236 e. The number of likely N-dealkylation sites (N-methyl/N-ethyl adjacent to an activating group) is 1. The lowest BCUT2D eigenvalue weighted by molar-refractivity contribution is -0.131. The molecule has 1 amide bonds. The Morgan fingerprint density at radius 2 is 2.25 bits per heavy atom. The third-order valence-corrected chi connectivity index (χ3v) is 4.90. The molecule has 0 N–H and O–H groups in total. The second-order valence-electron chi connectivity index (χ2n) is 4.87. The molecule has 1 aliphatic heterocycles. The van der Waals surface area contributed by atoms with Gasteiger partial charge in [-0.1, -0.05) is 6.92 Å². The molecule has 0 radical (unpaired) electrons. The summed E-state index contributed by atoms with van der Waals surface area (Å²) >= 11 is 2.05. The van der Waals surface area contributed by atoms with Crippen LogP contribution in [0.2, 0.25) is 0 Å². The Bertz CT molecular complexity index is 255. The Labute approximate surface area is 103 Å². The van der Waals surface area contributed by atoms with Crippen molar-refractivity contribution < 1.29 is 4.79 Å². The van der Waals surface area contributed by atoms with E-state index < -0.39 is 0 Å². The molecule has 2 fully saturated rings. The van der Waals surface area contributed by atoms with Gasteiger partial charge in [-0.25, -0.2) is 0 Å². The smallest absolute Gasteiger partial charge is 0.236 e. The predicted octanol–water partition coefficient (Wildman–Crippen LogP) is 1.43. The fourth-order valence-electron chi connectivity index (χ4n) is 2.14. The summed E-state index contributed by atoms with van der Waals surface area (Å²) in [6, 6.07) is 0.550. The number of rotatable bonds is 4. The summed E-state index contributed by atoms with van der Waals surface area (Å²) < 4.78 is 0. The Hall–Kier alpha value is -0.220. The van der Waals surface area contributed by atoms with Crippen LogP contribution in [0.15, 0.2) is 0 Å². The minimum Gasteiger partial charge on any atom is -0.342 e. The van der Waals surface area contributed by atoms with Crippen LogP contribution in [0.4, 0.5) is 0 Å². The van der Waals surface area contributed by atoms with Crippen LogP contribution >= 0.6 is 11.8 Å². The van der Waals surface area contributed by atoms with Crippen LogP contribution in [0.25, 0.3) is 0 Å². The highest BCUT2D eigenvalue weighted by molar-refractivity contribution is 8.00. The van der Waals surface area contributed by atoms with E-state index in [1.165, 1.54) is 25.0 Å². The van der Waals surface area contributed by atoms with Gasteiger partial charge in [0.15, 0.2) is 0 Å². The highest BCUT2D eigenvalue weighted by atomic mass is 32.2. The molecule has 3 nitrogen and oxygen atoms in total. The van der Waals surface area contributed by atoms with Crippen LogP contribution in [-0.4, -0.2) is 59.4 Å². The Morgan fingerprint density at radius 3 is 2.88 bits per heavy atom. The van der Waals surface area contributed by atoms with Crippen molar-refractivity contribution in [3.05, 3.63) is 0 Å². The molecule has 0 aromatic carbocycles. The molecule has 1 saturated carbocycles. The van der Waals surface area contributed by atoms with Gasteiger partial charge in [-0.05, 0) is 19.3 Å². The van der Waals surface area contributed by atoms with Gasteiger partial charge in [0, 0.05) is 37.2 Å². The molecule has 2 aliphatic rings. The van der Waals surface area contributed by atoms with Crippen molar-refractivity contribution in [2.24, 2.45) is 0 Å². The topological polar surface area (TPSA) is 23.6 Å².